The van der Waals surface area contributed by atoms with Crippen LogP contribution in [0.4, 0.5) is 5.69 Å². The highest BCUT2D eigenvalue weighted by Gasteiger charge is 2.44. The van der Waals surface area contributed by atoms with Crippen LogP contribution in [0.5, 0.6) is 23.0 Å². The molecule has 0 unspecified atom stereocenters. The van der Waals surface area contributed by atoms with Crippen molar-refractivity contribution in [3.05, 3.63) is 71.5 Å². The van der Waals surface area contributed by atoms with Crippen LogP contribution in [-0.4, -0.2) is 57.2 Å². The Bertz CT molecular complexity index is 1250. The maximum Gasteiger partial charge on any atom is 0.254 e. The van der Waals surface area contributed by atoms with Gasteiger partial charge in [0.2, 0.25) is 5.91 Å². The van der Waals surface area contributed by atoms with Gasteiger partial charge in [-0.1, -0.05) is 6.07 Å². The van der Waals surface area contributed by atoms with E-state index in [9.17, 15) is 9.59 Å². The molecule has 9 nitrogen and oxygen atoms in total. The number of pyridine rings is 1. The van der Waals surface area contributed by atoms with Crippen LogP contribution in [0.25, 0.3) is 0 Å². The average molecular weight is 478 g/mol. The van der Waals surface area contributed by atoms with Gasteiger partial charge in [0.15, 0.2) is 11.5 Å². The van der Waals surface area contributed by atoms with Crippen LogP contribution in [0.1, 0.15) is 33.4 Å². The minimum Gasteiger partial charge on any atom is -0.497 e. The molecule has 2 atom stereocenters. The first-order valence-electron chi connectivity index (χ1n) is 10.9. The molecule has 3 aromatic rings. The van der Waals surface area contributed by atoms with Gasteiger partial charge in [-0.25, -0.2) is 0 Å². The van der Waals surface area contributed by atoms with Crippen LogP contribution in [0.15, 0.2) is 54.9 Å². The molecule has 1 aromatic heterocycles. The summed E-state index contributed by atoms with van der Waals surface area (Å²) < 4.78 is 21.6. The molecule has 0 saturated heterocycles. The molecule has 2 heterocycles. The number of fused-ring (bicyclic) bond motifs is 1. The van der Waals surface area contributed by atoms with Crippen LogP contribution < -0.4 is 24.3 Å². The molecule has 2 aromatic carbocycles. The molecule has 0 saturated carbocycles. The van der Waals surface area contributed by atoms with Crippen molar-refractivity contribution in [3.63, 3.8) is 0 Å². The molecule has 0 aliphatic carbocycles. The summed E-state index contributed by atoms with van der Waals surface area (Å²) >= 11 is 0. The molecule has 4 rings (SSSR count). The fraction of sp³-hybridized carbons (Fsp3) is 0.269. The van der Waals surface area contributed by atoms with Gasteiger partial charge in [0.05, 0.1) is 46.1 Å². The number of anilines is 1. The second kappa shape index (κ2) is 9.92. The molecule has 1 aliphatic heterocycles. The third-order valence-electron chi connectivity index (χ3n) is 6.15. The number of nitrogens with one attached hydrogen (secondary N) is 1. The molecule has 182 valence electrons. The molecule has 0 spiro atoms. The standard InChI is InChI=1S/C26H27N3O6/c1-29-24(15-7-6-10-27-14-15)23(17-12-21(34-4)22(35-5)13-18(17)26(29)31)25(30)28-19-9-8-16(32-2)11-20(19)33-3/h6-14,23-24H,1-5H3,(H,28,30)/t23-,24-/m1/s1. The van der Waals surface area contributed by atoms with Crippen LogP contribution in [0.2, 0.25) is 0 Å². The van der Waals surface area contributed by atoms with Gasteiger partial charge in [-0.05, 0) is 41.5 Å². The fourth-order valence-electron chi connectivity index (χ4n) is 4.41. The maximum atomic E-state index is 13.9. The molecule has 2 amide bonds. The summed E-state index contributed by atoms with van der Waals surface area (Å²) in [5.41, 5.74) is 2.10. The Hall–Kier alpha value is -4.27. The van der Waals surface area contributed by atoms with E-state index in [1.807, 2.05) is 6.07 Å². The SMILES string of the molecule is COc1ccc(NC(=O)[C@@H]2c3cc(OC)c(OC)cc3C(=O)N(C)[C@@H]2c2cccnc2)c(OC)c1. The van der Waals surface area contributed by atoms with Gasteiger partial charge in [0.1, 0.15) is 11.5 Å². The number of nitrogens with zero attached hydrogens (tertiary/aromatic N) is 2. The zero-order valence-electron chi connectivity index (χ0n) is 20.2. The van der Waals surface area contributed by atoms with Crippen LogP contribution in [-0.2, 0) is 4.79 Å². The largest absolute Gasteiger partial charge is 0.497 e. The number of carbonyl (C=O) groups excluding carboxylic acids is 2. The number of ether oxygens (including phenoxy) is 4. The predicted molar refractivity (Wildman–Crippen MR) is 130 cm³/mol. The fourth-order valence-corrected chi connectivity index (χ4v) is 4.41. The van der Waals surface area contributed by atoms with Crippen LogP contribution in [0, 0.1) is 0 Å². The smallest absolute Gasteiger partial charge is 0.254 e. The van der Waals surface area contributed by atoms with Crippen molar-refractivity contribution in [3.8, 4) is 23.0 Å². The van der Waals surface area contributed by atoms with Gasteiger partial charge in [-0.3, -0.25) is 14.6 Å². The van der Waals surface area contributed by atoms with Gasteiger partial charge in [0.25, 0.3) is 5.91 Å². The van der Waals surface area contributed by atoms with E-state index in [0.29, 0.717) is 39.8 Å². The first-order valence-corrected chi connectivity index (χ1v) is 10.9. The predicted octanol–water partition coefficient (Wildman–Crippen LogP) is 3.67. The number of likely N-dealkylation sites (N-methyl/N-ethyl adjacent to an activating group) is 1. The van der Waals surface area contributed by atoms with Crippen LogP contribution in [0.3, 0.4) is 0 Å². The lowest BCUT2D eigenvalue weighted by molar-refractivity contribution is -0.119. The van der Waals surface area contributed by atoms with Gasteiger partial charge in [-0.2, -0.15) is 0 Å². The molecular weight excluding hydrogens is 450 g/mol. The number of hydrogen-bond donors (Lipinski definition) is 1. The van der Waals surface area contributed by atoms with E-state index in [-0.39, 0.29) is 11.8 Å². The van der Waals surface area contributed by atoms with E-state index in [1.54, 1.807) is 67.8 Å². The average Bonchev–Trinajstić information content (AvgIpc) is 2.90. The van der Waals surface area contributed by atoms with Gasteiger partial charge in [0, 0.05) is 31.1 Å². The van der Waals surface area contributed by atoms with Crippen molar-refractivity contribution in [1.29, 1.82) is 0 Å². The second-order valence-corrected chi connectivity index (χ2v) is 7.97. The molecular formula is C26H27N3O6. The third-order valence-corrected chi connectivity index (χ3v) is 6.15. The Morgan fingerprint density at radius 1 is 0.943 bits per heavy atom. The lowest BCUT2D eigenvalue weighted by atomic mass is 9.79. The topological polar surface area (TPSA) is 99.2 Å². The van der Waals surface area contributed by atoms with Gasteiger partial charge in [-0.15, -0.1) is 0 Å². The first kappa shape index (κ1) is 23.9. The summed E-state index contributed by atoms with van der Waals surface area (Å²) in [4.78, 5) is 33.1. The summed E-state index contributed by atoms with van der Waals surface area (Å²) in [5, 5.41) is 2.97. The van der Waals surface area contributed by atoms with Crippen molar-refractivity contribution in [2.24, 2.45) is 0 Å². The Morgan fingerprint density at radius 2 is 1.66 bits per heavy atom. The first-order chi connectivity index (χ1) is 16.9. The third kappa shape index (κ3) is 4.32. The van der Waals surface area contributed by atoms with Crippen molar-refractivity contribution in [2.75, 3.05) is 40.8 Å². The Kier molecular flexibility index (Phi) is 6.77. The Morgan fingerprint density at radius 3 is 2.29 bits per heavy atom. The quantitative estimate of drug-likeness (QED) is 0.554. The van der Waals surface area contributed by atoms with Gasteiger partial charge >= 0.3 is 0 Å². The normalized spacial score (nSPS) is 16.8. The molecule has 1 N–H and O–H groups in total. The summed E-state index contributed by atoms with van der Waals surface area (Å²) in [6, 6.07) is 11.5. The summed E-state index contributed by atoms with van der Waals surface area (Å²) in [5.74, 6) is 0.540. The highest BCUT2D eigenvalue weighted by Crippen LogP contribution is 2.46. The lowest BCUT2D eigenvalue weighted by Gasteiger charge is -2.40. The number of amides is 2. The summed E-state index contributed by atoms with van der Waals surface area (Å²) in [7, 11) is 7.76. The molecule has 0 radical (unpaired) electrons. The van der Waals surface area contributed by atoms with E-state index in [4.69, 9.17) is 18.9 Å². The van der Waals surface area contributed by atoms with E-state index in [2.05, 4.69) is 10.3 Å². The summed E-state index contributed by atoms with van der Waals surface area (Å²) in [6.45, 7) is 0. The highest BCUT2D eigenvalue weighted by molar-refractivity contribution is 6.05. The van der Waals surface area contributed by atoms with E-state index < -0.39 is 12.0 Å². The van der Waals surface area contributed by atoms with E-state index in [0.717, 1.165) is 5.56 Å². The zero-order chi connectivity index (χ0) is 25.1. The Labute approximate surface area is 203 Å². The second-order valence-electron chi connectivity index (χ2n) is 7.97. The number of hydrogen-bond acceptors (Lipinski definition) is 7. The minimum absolute atomic E-state index is 0.235. The molecule has 0 bridgehead atoms. The van der Waals surface area contributed by atoms with Crippen molar-refractivity contribution in [2.45, 2.75) is 12.0 Å². The highest BCUT2D eigenvalue weighted by atomic mass is 16.5. The minimum atomic E-state index is -0.775. The number of methoxy groups -OCH3 is 4. The number of rotatable bonds is 7. The zero-order valence-corrected chi connectivity index (χ0v) is 20.2. The maximum absolute atomic E-state index is 13.9. The molecule has 35 heavy (non-hydrogen) atoms. The number of aromatic nitrogens is 1. The molecule has 0 fully saturated rings. The monoisotopic (exact) mass is 477 g/mol. The Balaban J connectivity index is 1.86. The van der Waals surface area contributed by atoms with Crippen molar-refractivity contribution in [1.82, 2.24) is 9.88 Å². The van der Waals surface area contributed by atoms with E-state index in [1.165, 1.54) is 21.3 Å². The van der Waals surface area contributed by atoms with Crippen molar-refractivity contribution < 1.29 is 28.5 Å². The number of benzene rings is 2. The molecule has 9 heteroatoms. The number of carbonyl (C=O) groups is 2. The lowest BCUT2D eigenvalue weighted by Crippen LogP contribution is -2.44. The summed E-state index contributed by atoms with van der Waals surface area (Å²) in [6.07, 6.45) is 3.31. The molecule has 1 aliphatic rings. The van der Waals surface area contributed by atoms with Crippen molar-refractivity contribution >= 4 is 17.5 Å². The van der Waals surface area contributed by atoms with E-state index >= 15 is 0 Å². The van der Waals surface area contributed by atoms with Crippen LogP contribution >= 0.6 is 0 Å². The van der Waals surface area contributed by atoms with Gasteiger partial charge < -0.3 is 29.2 Å².